The van der Waals surface area contributed by atoms with Gasteiger partial charge in [-0.2, -0.15) is 0 Å². The van der Waals surface area contributed by atoms with E-state index in [1.54, 1.807) is 35.2 Å². The summed E-state index contributed by atoms with van der Waals surface area (Å²) in [6.45, 7) is 9.76. The van der Waals surface area contributed by atoms with Crippen molar-refractivity contribution in [3.8, 4) is 5.75 Å². The molecule has 162 valence electrons. The number of likely N-dealkylation sites (N-methyl/N-ethyl adjacent to an activating group) is 1. The standard InChI is InChI=1S/C22H26FN3O2S.ClH/c1-4-25(5-2)13-14-26(21(27)16-7-10-18(11-8-16)28-6-3)22-24-19-12-9-17(23)15-20(19)29-22;/h7-12,15H,4-6,13-14H2,1-3H3;1H. The Kier molecular flexibility index (Phi) is 9.02. The highest BCUT2D eigenvalue weighted by Crippen LogP contribution is 2.30. The number of anilines is 1. The van der Waals surface area contributed by atoms with Crippen molar-refractivity contribution >= 4 is 45.0 Å². The third kappa shape index (κ3) is 5.68. The van der Waals surface area contributed by atoms with Crippen LogP contribution in [0.2, 0.25) is 0 Å². The van der Waals surface area contributed by atoms with Crippen molar-refractivity contribution in [2.75, 3.05) is 37.7 Å². The maximum Gasteiger partial charge on any atom is 0.260 e. The Bertz CT molecular complexity index is 961. The van der Waals surface area contributed by atoms with E-state index >= 15 is 0 Å². The number of carbonyl (C=O) groups excluding carboxylic acids is 1. The van der Waals surface area contributed by atoms with E-state index in [-0.39, 0.29) is 24.1 Å². The first-order chi connectivity index (χ1) is 14.0. The summed E-state index contributed by atoms with van der Waals surface area (Å²) in [7, 11) is 0. The average Bonchev–Trinajstić information content (AvgIpc) is 3.14. The number of hydrogen-bond donors (Lipinski definition) is 0. The summed E-state index contributed by atoms with van der Waals surface area (Å²) in [4.78, 5) is 21.8. The number of amides is 1. The Labute approximate surface area is 186 Å². The van der Waals surface area contributed by atoms with Crippen molar-refractivity contribution in [1.29, 1.82) is 0 Å². The fourth-order valence-electron chi connectivity index (χ4n) is 3.08. The maximum absolute atomic E-state index is 13.6. The van der Waals surface area contributed by atoms with Crippen molar-refractivity contribution < 1.29 is 13.9 Å². The van der Waals surface area contributed by atoms with Crippen molar-refractivity contribution in [3.63, 3.8) is 0 Å². The normalized spacial score (nSPS) is 10.8. The first-order valence-electron chi connectivity index (χ1n) is 9.88. The molecule has 5 nitrogen and oxygen atoms in total. The van der Waals surface area contributed by atoms with Gasteiger partial charge >= 0.3 is 0 Å². The van der Waals surface area contributed by atoms with Gasteiger partial charge in [-0.3, -0.25) is 9.69 Å². The number of aromatic nitrogens is 1. The van der Waals surface area contributed by atoms with Crippen LogP contribution in [-0.2, 0) is 0 Å². The molecule has 0 unspecified atom stereocenters. The number of benzene rings is 2. The SMILES string of the molecule is CCOc1ccc(C(=O)N(CCN(CC)CC)c2nc3ccc(F)cc3s2)cc1.Cl. The predicted octanol–water partition coefficient (Wildman–Crippen LogP) is 5.24. The van der Waals surface area contributed by atoms with Crippen LogP contribution >= 0.6 is 23.7 Å². The molecule has 1 aromatic heterocycles. The van der Waals surface area contributed by atoms with Crippen LogP contribution in [0.3, 0.4) is 0 Å². The molecule has 3 rings (SSSR count). The maximum atomic E-state index is 13.6. The van der Waals surface area contributed by atoms with Crippen LogP contribution in [-0.4, -0.2) is 48.6 Å². The van der Waals surface area contributed by atoms with Gasteiger partial charge in [0.15, 0.2) is 5.13 Å². The van der Waals surface area contributed by atoms with E-state index < -0.39 is 0 Å². The van der Waals surface area contributed by atoms with Gasteiger partial charge in [0.25, 0.3) is 5.91 Å². The van der Waals surface area contributed by atoms with E-state index in [9.17, 15) is 9.18 Å². The molecular formula is C22H27ClFN3O2S. The third-order valence-corrected chi connectivity index (χ3v) is 5.80. The van der Waals surface area contributed by atoms with E-state index in [0.717, 1.165) is 30.1 Å². The second-order valence-electron chi connectivity index (χ2n) is 6.55. The molecule has 1 heterocycles. The van der Waals surface area contributed by atoms with Crippen LogP contribution in [0.15, 0.2) is 42.5 Å². The smallest absolute Gasteiger partial charge is 0.260 e. The average molecular weight is 452 g/mol. The van der Waals surface area contributed by atoms with Crippen molar-refractivity contribution in [2.45, 2.75) is 20.8 Å². The van der Waals surface area contributed by atoms with E-state index in [0.29, 0.717) is 29.4 Å². The first-order valence-corrected chi connectivity index (χ1v) is 10.7. The molecule has 0 aliphatic carbocycles. The Morgan fingerprint density at radius 1 is 1.07 bits per heavy atom. The van der Waals surface area contributed by atoms with Gasteiger partial charge in [0.05, 0.1) is 16.8 Å². The lowest BCUT2D eigenvalue weighted by atomic mass is 10.2. The Hall–Kier alpha value is -2.22. The van der Waals surface area contributed by atoms with Crippen molar-refractivity contribution in [3.05, 3.63) is 53.8 Å². The van der Waals surface area contributed by atoms with Crippen LogP contribution in [0.25, 0.3) is 10.2 Å². The monoisotopic (exact) mass is 451 g/mol. The van der Waals surface area contributed by atoms with Gasteiger partial charge in [-0.15, -0.1) is 12.4 Å². The molecule has 30 heavy (non-hydrogen) atoms. The molecule has 0 N–H and O–H groups in total. The highest BCUT2D eigenvalue weighted by molar-refractivity contribution is 7.22. The molecule has 2 aromatic carbocycles. The topological polar surface area (TPSA) is 45.7 Å². The number of fused-ring (bicyclic) bond motifs is 1. The second kappa shape index (κ2) is 11.2. The minimum Gasteiger partial charge on any atom is -0.494 e. The van der Waals surface area contributed by atoms with Gasteiger partial charge in [0, 0.05) is 18.7 Å². The summed E-state index contributed by atoms with van der Waals surface area (Å²) in [5.41, 5.74) is 1.26. The second-order valence-corrected chi connectivity index (χ2v) is 7.56. The zero-order chi connectivity index (χ0) is 20.8. The third-order valence-electron chi connectivity index (χ3n) is 4.76. The number of hydrogen-bond acceptors (Lipinski definition) is 5. The molecule has 0 spiro atoms. The summed E-state index contributed by atoms with van der Waals surface area (Å²) in [5.74, 6) is 0.300. The fraction of sp³-hybridized carbons (Fsp3) is 0.364. The minimum absolute atomic E-state index is 0. The van der Waals surface area contributed by atoms with Crippen LogP contribution in [0, 0.1) is 5.82 Å². The molecule has 0 aliphatic heterocycles. The summed E-state index contributed by atoms with van der Waals surface area (Å²) in [6, 6.07) is 11.6. The number of thiazole rings is 1. The van der Waals surface area contributed by atoms with Crippen LogP contribution in [0.1, 0.15) is 31.1 Å². The van der Waals surface area contributed by atoms with Crippen LogP contribution < -0.4 is 9.64 Å². The van der Waals surface area contributed by atoms with E-state index in [1.807, 2.05) is 6.92 Å². The summed E-state index contributed by atoms with van der Waals surface area (Å²) < 4.78 is 19.8. The van der Waals surface area contributed by atoms with E-state index in [4.69, 9.17) is 4.74 Å². The highest BCUT2D eigenvalue weighted by Gasteiger charge is 2.22. The first kappa shape index (κ1) is 24.1. The van der Waals surface area contributed by atoms with Gasteiger partial charge < -0.3 is 9.64 Å². The van der Waals surface area contributed by atoms with Crippen LogP contribution in [0.4, 0.5) is 9.52 Å². The number of halogens is 2. The van der Waals surface area contributed by atoms with Gasteiger partial charge in [-0.1, -0.05) is 25.2 Å². The Morgan fingerprint density at radius 3 is 2.40 bits per heavy atom. The molecule has 0 fully saturated rings. The summed E-state index contributed by atoms with van der Waals surface area (Å²) >= 11 is 1.33. The van der Waals surface area contributed by atoms with E-state index in [1.165, 1.54) is 23.5 Å². The molecular weight excluding hydrogens is 425 g/mol. The van der Waals surface area contributed by atoms with Gasteiger partial charge in [-0.25, -0.2) is 9.37 Å². The lowest BCUT2D eigenvalue weighted by molar-refractivity contribution is 0.0983. The lowest BCUT2D eigenvalue weighted by Crippen LogP contribution is -2.38. The molecule has 8 heteroatoms. The van der Waals surface area contributed by atoms with Crippen molar-refractivity contribution in [2.24, 2.45) is 0 Å². The predicted molar refractivity (Wildman–Crippen MR) is 124 cm³/mol. The number of nitrogens with zero attached hydrogens (tertiary/aromatic N) is 3. The molecule has 0 bridgehead atoms. The zero-order valence-electron chi connectivity index (χ0n) is 17.4. The summed E-state index contributed by atoms with van der Waals surface area (Å²) in [5, 5.41) is 0.580. The number of carbonyl (C=O) groups is 1. The van der Waals surface area contributed by atoms with E-state index in [2.05, 4.69) is 23.7 Å². The Morgan fingerprint density at radius 2 is 1.77 bits per heavy atom. The van der Waals surface area contributed by atoms with Gasteiger partial charge in [-0.05, 0) is 62.5 Å². The molecule has 0 atom stereocenters. The number of ether oxygens (including phenoxy) is 1. The molecule has 0 aliphatic rings. The molecule has 0 radical (unpaired) electrons. The van der Waals surface area contributed by atoms with Gasteiger partial charge in [0.1, 0.15) is 11.6 Å². The fourth-order valence-corrected chi connectivity index (χ4v) is 4.10. The molecule has 0 saturated carbocycles. The van der Waals surface area contributed by atoms with Crippen molar-refractivity contribution in [1.82, 2.24) is 9.88 Å². The lowest BCUT2D eigenvalue weighted by Gasteiger charge is -2.24. The zero-order valence-corrected chi connectivity index (χ0v) is 19.1. The molecule has 3 aromatic rings. The minimum atomic E-state index is -0.305. The quantitative estimate of drug-likeness (QED) is 0.446. The van der Waals surface area contributed by atoms with Gasteiger partial charge in [0.2, 0.25) is 0 Å². The Balaban J connectivity index is 0.00000320. The highest BCUT2D eigenvalue weighted by atomic mass is 35.5. The molecule has 1 amide bonds. The molecule has 0 saturated heterocycles. The number of rotatable bonds is 9. The van der Waals surface area contributed by atoms with Crippen LogP contribution in [0.5, 0.6) is 5.75 Å². The summed E-state index contributed by atoms with van der Waals surface area (Å²) in [6.07, 6.45) is 0. The largest absolute Gasteiger partial charge is 0.494 e.